The maximum Gasteiger partial charge on any atom is 0.174 e. The third-order valence-electron chi connectivity index (χ3n) is 2.47. The number of nitrogens with zero attached hydrogens (tertiary/aromatic N) is 2. The van der Waals surface area contributed by atoms with Gasteiger partial charge in [-0.2, -0.15) is 0 Å². The van der Waals surface area contributed by atoms with Gasteiger partial charge in [0.25, 0.3) is 0 Å². The van der Waals surface area contributed by atoms with Crippen LogP contribution < -0.4 is 10.1 Å². The largest absolute Gasteiger partial charge is 0.494 e. The van der Waals surface area contributed by atoms with E-state index in [-0.39, 0.29) is 5.75 Å². The van der Waals surface area contributed by atoms with Crippen molar-refractivity contribution >= 4 is 5.82 Å². The van der Waals surface area contributed by atoms with Crippen molar-refractivity contribution in [3.05, 3.63) is 36.4 Å². The highest BCUT2D eigenvalue weighted by Crippen LogP contribution is 2.27. The average Bonchev–Trinajstić information content (AvgIpc) is 2.41. The molecule has 0 unspecified atom stereocenters. The number of halogens is 1. The zero-order chi connectivity index (χ0) is 13.0. The third kappa shape index (κ3) is 2.40. The molecule has 2 aromatic rings. The van der Waals surface area contributed by atoms with Crippen LogP contribution in [-0.2, 0) is 0 Å². The fraction of sp³-hybridized carbons (Fsp3) is 0.231. The van der Waals surface area contributed by atoms with Crippen LogP contribution in [0.4, 0.5) is 10.2 Å². The number of anilines is 1. The summed E-state index contributed by atoms with van der Waals surface area (Å²) >= 11 is 0. The quantitative estimate of drug-likeness (QED) is 0.902. The third-order valence-corrected chi connectivity index (χ3v) is 2.47. The van der Waals surface area contributed by atoms with Crippen molar-refractivity contribution in [1.29, 1.82) is 0 Å². The van der Waals surface area contributed by atoms with Crippen molar-refractivity contribution in [1.82, 2.24) is 9.97 Å². The number of hydrogen-bond acceptors (Lipinski definition) is 4. The minimum atomic E-state index is -0.425. The van der Waals surface area contributed by atoms with E-state index in [9.17, 15) is 4.39 Å². The molecule has 1 N–H and O–H groups in total. The molecule has 18 heavy (non-hydrogen) atoms. The minimum absolute atomic E-state index is 0.199. The van der Waals surface area contributed by atoms with Gasteiger partial charge in [-0.3, -0.25) is 4.98 Å². The van der Waals surface area contributed by atoms with Crippen LogP contribution in [0.2, 0.25) is 0 Å². The highest BCUT2D eigenvalue weighted by molar-refractivity contribution is 5.62. The molecular weight excluding hydrogens is 233 g/mol. The summed E-state index contributed by atoms with van der Waals surface area (Å²) in [6.07, 6.45) is 3.12. The lowest BCUT2D eigenvalue weighted by atomic mass is 10.1. The Labute approximate surface area is 105 Å². The maximum atomic E-state index is 14.0. The van der Waals surface area contributed by atoms with Crippen molar-refractivity contribution in [2.75, 3.05) is 19.0 Å². The van der Waals surface area contributed by atoms with E-state index in [0.717, 1.165) is 6.54 Å². The Morgan fingerprint density at radius 1 is 1.28 bits per heavy atom. The first kappa shape index (κ1) is 12.3. The Kier molecular flexibility index (Phi) is 3.72. The number of methoxy groups -OCH3 is 1. The lowest BCUT2D eigenvalue weighted by Crippen LogP contribution is -2.00. The van der Waals surface area contributed by atoms with Gasteiger partial charge >= 0.3 is 0 Å². The van der Waals surface area contributed by atoms with Gasteiger partial charge < -0.3 is 10.1 Å². The second-order valence-electron chi connectivity index (χ2n) is 3.64. The summed E-state index contributed by atoms with van der Waals surface area (Å²) in [5.41, 5.74) is 0.859. The van der Waals surface area contributed by atoms with Crippen LogP contribution in [0.15, 0.2) is 30.6 Å². The van der Waals surface area contributed by atoms with Crippen molar-refractivity contribution in [2.24, 2.45) is 0 Å². The summed E-state index contributed by atoms with van der Waals surface area (Å²) in [7, 11) is 1.43. The highest BCUT2D eigenvalue weighted by Gasteiger charge is 2.11. The summed E-state index contributed by atoms with van der Waals surface area (Å²) in [5, 5.41) is 3.03. The van der Waals surface area contributed by atoms with E-state index in [0.29, 0.717) is 17.1 Å². The lowest BCUT2D eigenvalue weighted by Gasteiger charge is -2.07. The van der Waals surface area contributed by atoms with Crippen LogP contribution in [0.1, 0.15) is 6.92 Å². The fourth-order valence-corrected chi connectivity index (χ4v) is 1.61. The van der Waals surface area contributed by atoms with Gasteiger partial charge in [0.05, 0.1) is 25.2 Å². The number of ether oxygens (including phenoxy) is 1. The molecule has 0 fully saturated rings. The van der Waals surface area contributed by atoms with E-state index in [4.69, 9.17) is 4.74 Å². The first-order valence-electron chi connectivity index (χ1n) is 5.65. The van der Waals surface area contributed by atoms with Gasteiger partial charge in [0.2, 0.25) is 0 Å². The first-order valence-corrected chi connectivity index (χ1v) is 5.65. The number of aromatic nitrogens is 2. The van der Waals surface area contributed by atoms with E-state index < -0.39 is 5.82 Å². The standard InChI is InChI=1S/C13H14FN3O/c1-3-15-12-8-16-10(7-17-12)9-5-4-6-11(18-2)13(9)14/h4-8H,3H2,1-2H3,(H,15,17). The zero-order valence-corrected chi connectivity index (χ0v) is 10.3. The highest BCUT2D eigenvalue weighted by atomic mass is 19.1. The zero-order valence-electron chi connectivity index (χ0n) is 10.3. The molecule has 94 valence electrons. The van der Waals surface area contributed by atoms with Crippen LogP contribution >= 0.6 is 0 Å². The molecule has 0 saturated heterocycles. The van der Waals surface area contributed by atoms with E-state index in [1.165, 1.54) is 13.3 Å². The molecule has 1 aromatic carbocycles. The summed E-state index contributed by atoms with van der Waals surface area (Å²) in [6.45, 7) is 2.73. The van der Waals surface area contributed by atoms with Gasteiger partial charge in [0.15, 0.2) is 11.6 Å². The van der Waals surface area contributed by atoms with Gasteiger partial charge in [0.1, 0.15) is 5.82 Å². The van der Waals surface area contributed by atoms with Crippen LogP contribution in [0.5, 0.6) is 5.75 Å². The lowest BCUT2D eigenvalue weighted by molar-refractivity contribution is 0.387. The molecule has 1 heterocycles. The molecule has 0 spiro atoms. The Balaban J connectivity index is 2.36. The van der Waals surface area contributed by atoms with E-state index in [1.807, 2.05) is 6.92 Å². The fourth-order valence-electron chi connectivity index (χ4n) is 1.61. The molecule has 4 nitrogen and oxygen atoms in total. The predicted molar refractivity (Wildman–Crippen MR) is 68.1 cm³/mol. The molecule has 0 aliphatic rings. The molecule has 0 amide bonds. The second-order valence-corrected chi connectivity index (χ2v) is 3.64. The summed E-state index contributed by atoms with van der Waals surface area (Å²) in [4.78, 5) is 8.34. The number of benzene rings is 1. The second kappa shape index (κ2) is 5.44. The van der Waals surface area contributed by atoms with Gasteiger partial charge in [-0.05, 0) is 19.1 Å². The minimum Gasteiger partial charge on any atom is -0.494 e. The maximum absolute atomic E-state index is 14.0. The Bertz CT molecular complexity index is 528. The Morgan fingerprint density at radius 3 is 2.72 bits per heavy atom. The van der Waals surface area contributed by atoms with Crippen LogP contribution in [0.25, 0.3) is 11.3 Å². The molecule has 1 aromatic heterocycles. The van der Waals surface area contributed by atoms with Gasteiger partial charge in [-0.1, -0.05) is 6.07 Å². The molecule has 0 atom stereocenters. The van der Waals surface area contributed by atoms with Crippen molar-refractivity contribution in [3.8, 4) is 17.0 Å². The monoisotopic (exact) mass is 247 g/mol. The molecule has 5 heteroatoms. The SMILES string of the molecule is CCNc1cnc(-c2cccc(OC)c2F)cn1. The van der Waals surface area contributed by atoms with E-state index >= 15 is 0 Å². The van der Waals surface area contributed by atoms with E-state index in [2.05, 4.69) is 15.3 Å². The van der Waals surface area contributed by atoms with Crippen molar-refractivity contribution in [3.63, 3.8) is 0 Å². The van der Waals surface area contributed by atoms with Gasteiger partial charge in [-0.15, -0.1) is 0 Å². The molecule has 0 aliphatic heterocycles. The molecular formula is C13H14FN3O. The summed E-state index contributed by atoms with van der Waals surface area (Å²) in [5.74, 6) is 0.445. The van der Waals surface area contributed by atoms with Crippen LogP contribution in [0, 0.1) is 5.82 Å². The van der Waals surface area contributed by atoms with Crippen molar-refractivity contribution < 1.29 is 9.13 Å². The average molecular weight is 247 g/mol. The Hall–Kier alpha value is -2.17. The van der Waals surface area contributed by atoms with Crippen LogP contribution in [0.3, 0.4) is 0 Å². The van der Waals surface area contributed by atoms with Crippen molar-refractivity contribution in [2.45, 2.75) is 6.92 Å². The van der Waals surface area contributed by atoms with Crippen LogP contribution in [-0.4, -0.2) is 23.6 Å². The molecule has 0 aliphatic carbocycles. The summed E-state index contributed by atoms with van der Waals surface area (Å²) in [6, 6.07) is 4.94. The number of rotatable bonds is 4. The predicted octanol–water partition coefficient (Wildman–Crippen LogP) is 2.72. The summed E-state index contributed by atoms with van der Waals surface area (Å²) < 4.78 is 18.9. The van der Waals surface area contributed by atoms with E-state index in [1.54, 1.807) is 24.4 Å². The first-order chi connectivity index (χ1) is 8.76. The molecule has 0 radical (unpaired) electrons. The Morgan fingerprint density at radius 2 is 2.11 bits per heavy atom. The van der Waals surface area contributed by atoms with Gasteiger partial charge in [0, 0.05) is 12.1 Å². The normalized spacial score (nSPS) is 10.2. The molecule has 0 saturated carbocycles. The topological polar surface area (TPSA) is 47.0 Å². The smallest absolute Gasteiger partial charge is 0.174 e. The number of nitrogens with one attached hydrogen (secondary N) is 1. The number of hydrogen-bond donors (Lipinski definition) is 1. The van der Waals surface area contributed by atoms with Gasteiger partial charge in [-0.25, -0.2) is 9.37 Å². The molecule has 0 bridgehead atoms. The molecule has 2 rings (SSSR count).